The van der Waals surface area contributed by atoms with E-state index in [0.717, 1.165) is 25.2 Å². The Kier molecular flexibility index (Phi) is 4.66. The van der Waals surface area contributed by atoms with Gasteiger partial charge in [0.15, 0.2) is 0 Å². The molecule has 78 valence electrons. The van der Waals surface area contributed by atoms with Gasteiger partial charge in [-0.05, 0) is 32.1 Å². The lowest BCUT2D eigenvalue weighted by Crippen LogP contribution is -2.19. The number of aromatic nitrogens is 1. The SMILES string of the molecule is CCCN(C)Cc1nc(Cl)ccc1Cl. The Hall–Kier alpha value is -0.310. The lowest BCUT2D eigenvalue weighted by Gasteiger charge is -2.15. The Balaban J connectivity index is 2.70. The molecule has 0 unspecified atom stereocenters. The summed E-state index contributed by atoms with van der Waals surface area (Å²) in [6, 6.07) is 3.49. The second-order valence-corrected chi connectivity index (χ2v) is 4.09. The molecule has 0 saturated carbocycles. The van der Waals surface area contributed by atoms with Gasteiger partial charge < -0.3 is 4.90 Å². The Labute approximate surface area is 94.8 Å². The fourth-order valence-electron chi connectivity index (χ4n) is 1.29. The smallest absolute Gasteiger partial charge is 0.129 e. The molecule has 0 N–H and O–H groups in total. The van der Waals surface area contributed by atoms with Gasteiger partial charge in [0.05, 0.1) is 10.7 Å². The van der Waals surface area contributed by atoms with Crippen molar-refractivity contribution in [1.29, 1.82) is 0 Å². The molecule has 0 fully saturated rings. The van der Waals surface area contributed by atoms with Gasteiger partial charge in [0.2, 0.25) is 0 Å². The molecule has 4 heteroatoms. The number of halogens is 2. The van der Waals surface area contributed by atoms with E-state index < -0.39 is 0 Å². The fourth-order valence-corrected chi connectivity index (χ4v) is 1.62. The van der Waals surface area contributed by atoms with Crippen molar-refractivity contribution < 1.29 is 0 Å². The van der Waals surface area contributed by atoms with E-state index in [4.69, 9.17) is 23.2 Å². The summed E-state index contributed by atoms with van der Waals surface area (Å²) in [4.78, 5) is 6.36. The normalized spacial score (nSPS) is 10.9. The van der Waals surface area contributed by atoms with E-state index in [0.29, 0.717) is 10.2 Å². The van der Waals surface area contributed by atoms with Gasteiger partial charge in [-0.25, -0.2) is 4.98 Å². The molecule has 0 aliphatic heterocycles. The summed E-state index contributed by atoms with van der Waals surface area (Å²) < 4.78 is 0. The van der Waals surface area contributed by atoms with Crippen LogP contribution in [-0.4, -0.2) is 23.5 Å². The molecule has 0 radical (unpaired) electrons. The molecular formula is C10H14Cl2N2. The molecule has 0 saturated heterocycles. The number of nitrogens with zero attached hydrogens (tertiary/aromatic N) is 2. The molecule has 0 bridgehead atoms. The minimum Gasteiger partial charge on any atom is -0.300 e. The molecule has 0 aliphatic rings. The molecule has 0 aromatic carbocycles. The second-order valence-electron chi connectivity index (χ2n) is 3.30. The first-order chi connectivity index (χ1) is 6.63. The van der Waals surface area contributed by atoms with Crippen molar-refractivity contribution in [2.45, 2.75) is 19.9 Å². The van der Waals surface area contributed by atoms with Crippen LogP contribution in [0.5, 0.6) is 0 Å². The first-order valence-electron chi connectivity index (χ1n) is 4.63. The first-order valence-corrected chi connectivity index (χ1v) is 5.38. The second kappa shape index (κ2) is 5.54. The molecule has 0 atom stereocenters. The molecule has 2 nitrogen and oxygen atoms in total. The van der Waals surface area contributed by atoms with Crippen molar-refractivity contribution in [3.63, 3.8) is 0 Å². The molecule has 1 heterocycles. The topological polar surface area (TPSA) is 16.1 Å². The summed E-state index contributed by atoms with van der Waals surface area (Å²) >= 11 is 11.8. The Morgan fingerprint density at radius 2 is 2.07 bits per heavy atom. The molecule has 1 aromatic heterocycles. The average molecular weight is 233 g/mol. The van der Waals surface area contributed by atoms with Gasteiger partial charge in [-0.1, -0.05) is 30.1 Å². The molecule has 1 rings (SSSR count). The summed E-state index contributed by atoms with van der Waals surface area (Å²) in [5.41, 5.74) is 0.843. The summed E-state index contributed by atoms with van der Waals surface area (Å²) in [5, 5.41) is 1.17. The minimum absolute atomic E-state index is 0.495. The van der Waals surface area contributed by atoms with E-state index in [9.17, 15) is 0 Å². The molecule has 0 spiro atoms. The number of pyridine rings is 1. The van der Waals surface area contributed by atoms with Gasteiger partial charge in [-0.3, -0.25) is 0 Å². The van der Waals surface area contributed by atoms with Crippen LogP contribution >= 0.6 is 23.2 Å². The predicted molar refractivity (Wildman–Crippen MR) is 60.9 cm³/mol. The van der Waals surface area contributed by atoms with Crippen molar-refractivity contribution in [3.8, 4) is 0 Å². The van der Waals surface area contributed by atoms with E-state index >= 15 is 0 Å². The van der Waals surface area contributed by atoms with Crippen LogP contribution < -0.4 is 0 Å². The largest absolute Gasteiger partial charge is 0.300 e. The van der Waals surface area contributed by atoms with Crippen LogP contribution in [0, 0.1) is 0 Å². The van der Waals surface area contributed by atoms with Crippen LogP contribution in [0.3, 0.4) is 0 Å². The lowest BCUT2D eigenvalue weighted by atomic mass is 10.3. The highest BCUT2D eigenvalue weighted by Crippen LogP contribution is 2.17. The molecule has 0 aliphatic carbocycles. The van der Waals surface area contributed by atoms with Crippen LogP contribution in [0.1, 0.15) is 19.0 Å². The van der Waals surface area contributed by atoms with Gasteiger partial charge in [-0.15, -0.1) is 0 Å². The van der Waals surface area contributed by atoms with Crippen LogP contribution in [0.2, 0.25) is 10.2 Å². The van der Waals surface area contributed by atoms with Gasteiger partial charge in [0.1, 0.15) is 5.15 Å². The summed E-state index contributed by atoms with van der Waals surface area (Å²) in [7, 11) is 2.04. The number of hydrogen-bond acceptors (Lipinski definition) is 2. The van der Waals surface area contributed by atoms with Crippen LogP contribution in [-0.2, 0) is 6.54 Å². The van der Waals surface area contributed by atoms with E-state index in [-0.39, 0.29) is 0 Å². The van der Waals surface area contributed by atoms with Crippen LogP contribution in [0.15, 0.2) is 12.1 Å². The van der Waals surface area contributed by atoms with Gasteiger partial charge in [0, 0.05) is 6.54 Å². The quantitative estimate of drug-likeness (QED) is 0.742. The van der Waals surface area contributed by atoms with Crippen LogP contribution in [0.4, 0.5) is 0 Å². The number of hydrogen-bond donors (Lipinski definition) is 0. The van der Waals surface area contributed by atoms with Crippen LogP contribution in [0.25, 0.3) is 0 Å². The maximum absolute atomic E-state index is 5.99. The van der Waals surface area contributed by atoms with Gasteiger partial charge >= 0.3 is 0 Å². The monoisotopic (exact) mass is 232 g/mol. The fraction of sp³-hybridized carbons (Fsp3) is 0.500. The van der Waals surface area contributed by atoms with E-state index in [2.05, 4.69) is 16.8 Å². The van der Waals surface area contributed by atoms with Crippen molar-refractivity contribution in [1.82, 2.24) is 9.88 Å². The van der Waals surface area contributed by atoms with Gasteiger partial charge in [0.25, 0.3) is 0 Å². The maximum atomic E-state index is 5.99. The number of rotatable bonds is 4. The van der Waals surface area contributed by atoms with E-state index in [1.165, 1.54) is 0 Å². The summed E-state index contributed by atoms with van der Waals surface area (Å²) in [6.07, 6.45) is 1.12. The highest BCUT2D eigenvalue weighted by Gasteiger charge is 2.05. The third-order valence-electron chi connectivity index (χ3n) is 1.91. The Bertz CT molecular complexity index is 302. The molecule has 14 heavy (non-hydrogen) atoms. The highest BCUT2D eigenvalue weighted by atomic mass is 35.5. The third-order valence-corrected chi connectivity index (χ3v) is 2.46. The van der Waals surface area contributed by atoms with Crippen molar-refractivity contribution in [2.75, 3.05) is 13.6 Å². The zero-order chi connectivity index (χ0) is 10.6. The van der Waals surface area contributed by atoms with E-state index in [1.54, 1.807) is 12.1 Å². The zero-order valence-electron chi connectivity index (χ0n) is 8.43. The van der Waals surface area contributed by atoms with Crippen molar-refractivity contribution in [2.24, 2.45) is 0 Å². The average Bonchev–Trinajstić information content (AvgIpc) is 2.12. The minimum atomic E-state index is 0.495. The Morgan fingerprint density at radius 1 is 1.36 bits per heavy atom. The van der Waals surface area contributed by atoms with E-state index in [1.807, 2.05) is 7.05 Å². The Morgan fingerprint density at radius 3 is 2.71 bits per heavy atom. The third kappa shape index (κ3) is 3.45. The van der Waals surface area contributed by atoms with Crippen molar-refractivity contribution >= 4 is 23.2 Å². The predicted octanol–water partition coefficient (Wildman–Crippen LogP) is 3.23. The summed E-state index contributed by atoms with van der Waals surface area (Å²) in [5.74, 6) is 0. The molecule has 0 amide bonds. The highest BCUT2D eigenvalue weighted by molar-refractivity contribution is 6.32. The zero-order valence-corrected chi connectivity index (χ0v) is 9.94. The van der Waals surface area contributed by atoms with Gasteiger partial charge in [-0.2, -0.15) is 0 Å². The standard InChI is InChI=1S/C10H14Cl2N2/c1-3-6-14(2)7-9-8(11)4-5-10(12)13-9/h4-5H,3,6-7H2,1-2H3. The van der Waals surface area contributed by atoms with Crippen molar-refractivity contribution in [3.05, 3.63) is 28.0 Å². The molecular weight excluding hydrogens is 219 g/mol. The lowest BCUT2D eigenvalue weighted by molar-refractivity contribution is 0.323. The first kappa shape index (κ1) is 11.8. The molecule has 1 aromatic rings. The summed E-state index contributed by atoms with van der Waals surface area (Å²) in [6.45, 7) is 3.92. The maximum Gasteiger partial charge on any atom is 0.129 e.